The predicted octanol–water partition coefficient (Wildman–Crippen LogP) is 2.84. The monoisotopic (exact) mass is 206 g/mol. The zero-order valence-electron chi connectivity index (χ0n) is 9.11. The van der Waals surface area contributed by atoms with Gasteiger partial charge in [0.2, 0.25) is 0 Å². The smallest absolute Gasteiger partial charge is 0.311 e. The Morgan fingerprint density at radius 2 is 1.69 bits per heavy atom. The largest absolute Gasteiger partial charge is 0.465 e. The van der Waals surface area contributed by atoms with Crippen LogP contribution in [0, 0.1) is 10.8 Å². The minimum Gasteiger partial charge on any atom is -0.465 e. The molecule has 0 aromatic rings. The molecule has 0 rings (SSSR count). The molecule has 0 aliphatic rings. The normalized spacial score (nSPS) is 12.8. The van der Waals surface area contributed by atoms with Crippen molar-refractivity contribution >= 4 is 17.6 Å². The maximum absolute atomic E-state index is 11.4. The third kappa shape index (κ3) is 5.14. The Bertz CT molecular complexity index is 180. The van der Waals surface area contributed by atoms with Crippen molar-refractivity contribution in [2.24, 2.45) is 10.8 Å². The molecule has 0 fully saturated rings. The van der Waals surface area contributed by atoms with Gasteiger partial charge >= 0.3 is 5.97 Å². The lowest BCUT2D eigenvalue weighted by atomic mass is 9.96. The molecule has 2 nitrogen and oxygen atoms in total. The molecule has 0 saturated heterocycles. The Morgan fingerprint density at radius 1 is 1.23 bits per heavy atom. The van der Waals surface area contributed by atoms with E-state index in [1.807, 2.05) is 34.6 Å². The van der Waals surface area contributed by atoms with Crippen LogP contribution in [0.1, 0.15) is 34.6 Å². The van der Waals surface area contributed by atoms with Gasteiger partial charge in [-0.3, -0.25) is 4.79 Å². The van der Waals surface area contributed by atoms with Gasteiger partial charge in [-0.25, -0.2) is 0 Å². The van der Waals surface area contributed by atoms with E-state index < -0.39 is 5.41 Å². The van der Waals surface area contributed by atoms with Gasteiger partial charge in [-0.2, -0.15) is 0 Å². The average molecular weight is 207 g/mol. The van der Waals surface area contributed by atoms with Gasteiger partial charge in [0.1, 0.15) is 0 Å². The fourth-order valence-electron chi connectivity index (χ4n) is 0.516. The molecule has 0 atom stereocenters. The van der Waals surface area contributed by atoms with Gasteiger partial charge in [0.25, 0.3) is 0 Å². The van der Waals surface area contributed by atoms with Gasteiger partial charge < -0.3 is 4.74 Å². The molecule has 78 valence electrons. The average Bonchev–Trinajstić information content (AvgIpc) is 1.98. The van der Waals surface area contributed by atoms with Gasteiger partial charge in [0.05, 0.1) is 12.0 Å². The van der Waals surface area contributed by atoms with E-state index in [1.54, 1.807) is 0 Å². The molecule has 0 aliphatic heterocycles. The molecule has 0 saturated carbocycles. The lowest BCUT2D eigenvalue weighted by molar-refractivity contribution is -0.155. The number of halogens is 1. The van der Waals surface area contributed by atoms with Crippen molar-refractivity contribution in [3.63, 3.8) is 0 Å². The van der Waals surface area contributed by atoms with Gasteiger partial charge in [-0.15, -0.1) is 11.6 Å². The summed E-state index contributed by atoms with van der Waals surface area (Å²) in [7, 11) is 0. The molecular formula is C10H19ClO2. The van der Waals surface area contributed by atoms with Crippen molar-refractivity contribution in [2.45, 2.75) is 34.6 Å². The summed E-state index contributed by atoms with van der Waals surface area (Å²) in [6.07, 6.45) is 0. The van der Waals surface area contributed by atoms with E-state index in [9.17, 15) is 4.79 Å². The Morgan fingerprint density at radius 3 is 2.00 bits per heavy atom. The molecule has 0 spiro atoms. The predicted molar refractivity (Wildman–Crippen MR) is 54.9 cm³/mol. The van der Waals surface area contributed by atoms with E-state index in [0.29, 0.717) is 12.5 Å². The first-order chi connectivity index (χ1) is 5.69. The molecule has 3 heteroatoms. The highest BCUT2D eigenvalue weighted by Gasteiger charge is 2.26. The molecule has 0 unspecified atom stereocenters. The quantitative estimate of drug-likeness (QED) is 0.525. The Kier molecular flexibility index (Phi) is 4.24. The summed E-state index contributed by atoms with van der Waals surface area (Å²) in [5.41, 5.74) is -0.565. The number of ether oxygens (including phenoxy) is 1. The maximum Gasteiger partial charge on any atom is 0.311 e. The van der Waals surface area contributed by atoms with E-state index in [2.05, 4.69) is 0 Å². The second-order valence-corrected chi connectivity index (χ2v) is 5.39. The third-order valence-electron chi connectivity index (χ3n) is 1.57. The fourth-order valence-corrected chi connectivity index (χ4v) is 0.593. The fraction of sp³-hybridized carbons (Fsp3) is 0.900. The molecule has 0 bridgehead atoms. The first-order valence-corrected chi connectivity index (χ1v) is 4.96. The lowest BCUT2D eigenvalue weighted by Gasteiger charge is -2.24. The minimum atomic E-state index is -0.428. The summed E-state index contributed by atoms with van der Waals surface area (Å²) < 4.78 is 5.14. The van der Waals surface area contributed by atoms with E-state index >= 15 is 0 Å². The standard InChI is InChI=1S/C10H19ClO2/c1-9(2,3)8(12)13-7-10(4,5)6-11/h6-7H2,1-5H3. The number of hydrogen-bond donors (Lipinski definition) is 0. The minimum absolute atomic E-state index is 0.136. The lowest BCUT2D eigenvalue weighted by Crippen LogP contribution is -2.29. The van der Waals surface area contributed by atoms with Gasteiger partial charge in [-0.05, 0) is 20.8 Å². The van der Waals surface area contributed by atoms with Crippen LogP contribution in [-0.4, -0.2) is 18.5 Å². The zero-order valence-corrected chi connectivity index (χ0v) is 9.86. The summed E-state index contributed by atoms with van der Waals surface area (Å²) in [6.45, 7) is 9.83. The molecule has 0 aromatic heterocycles. The third-order valence-corrected chi connectivity index (χ3v) is 2.29. The van der Waals surface area contributed by atoms with E-state index in [4.69, 9.17) is 16.3 Å². The molecule has 13 heavy (non-hydrogen) atoms. The van der Waals surface area contributed by atoms with E-state index in [0.717, 1.165) is 0 Å². The Balaban J connectivity index is 3.98. The first kappa shape index (κ1) is 12.8. The Labute approximate surface area is 85.6 Å². The molecule has 0 aliphatic carbocycles. The number of esters is 1. The number of alkyl halides is 1. The van der Waals surface area contributed by atoms with Crippen LogP contribution >= 0.6 is 11.6 Å². The highest BCUT2D eigenvalue weighted by atomic mass is 35.5. The van der Waals surface area contributed by atoms with Gasteiger partial charge in [0, 0.05) is 11.3 Å². The number of rotatable bonds is 3. The first-order valence-electron chi connectivity index (χ1n) is 4.42. The summed E-state index contributed by atoms with van der Waals surface area (Å²) >= 11 is 5.70. The SMILES string of the molecule is CC(C)(CCl)COC(=O)C(C)(C)C. The number of carbonyl (C=O) groups is 1. The van der Waals surface area contributed by atoms with Crippen LogP contribution in [0.4, 0.5) is 0 Å². The molecule has 0 heterocycles. The van der Waals surface area contributed by atoms with Crippen molar-refractivity contribution in [1.82, 2.24) is 0 Å². The molecule has 0 amide bonds. The zero-order chi connectivity index (χ0) is 10.7. The highest BCUT2D eigenvalue weighted by Crippen LogP contribution is 2.21. The molecular weight excluding hydrogens is 188 g/mol. The Hall–Kier alpha value is -0.240. The van der Waals surface area contributed by atoms with Crippen LogP contribution in [0.15, 0.2) is 0 Å². The van der Waals surface area contributed by atoms with Crippen LogP contribution < -0.4 is 0 Å². The number of hydrogen-bond acceptors (Lipinski definition) is 2. The molecule has 0 aromatic carbocycles. The van der Waals surface area contributed by atoms with Crippen LogP contribution in [0.25, 0.3) is 0 Å². The summed E-state index contributed by atoms with van der Waals surface area (Å²) in [5, 5.41) is 0. The van der Waals surface area contributed by atoms with E-state index in [1.165, 1.54) is 0 Å². The van der Waals surface area contributed by atoms with Crippen molar-refractivity contribution in [3.05, 3.63) is 0 Å². The maximum atomic E-state index is 11.4. The van der Waals surface area contributed by atoms with Crippen molar-refractivity contribution in [3.8, 4) is 0 Å². The summed E-state index contributed by atoms with van der Waals surface area (Å²) in [5.74, 6) is 0.315. The van der Waals surface area contributed by atoms with Crippen LogP contribution in [-0.2, 0) is 9.53 Å². The summed E-state index contributed by atoms with van der Waals surface area (Å²) in [6, 6.07) is 0. The topological polar surface area (TPSA) is 26.3 Å². The summed E-state index contributed by atoms with van der Waals surface area (Å²) in [4.78, 5) is 11.4. The van der Waals surface area contributed by atoms with Crippen LogP contribution in [0.3, 0.4) is 0 Å². The van der Waals surface area contributed by atoms with Crippen LogP contribution in [0.5, 0.6) is 0 Å². The molecule has 0 radical (unpaired) electrons. The number of carbonyl (C=O) groups excluding carboxylic acids is 1. The van der Waals surface area contributed by atoms with Crippen molar-refractivity contribution < 1.29 is 9.53 Å². The van der Waals surface area contributed by atoms with E-state index in [-0.39, 0.29) is 11.4 Å². The highest BCUT2D eigenvalue weighted by molar-refractivity contribution is 6.18. The van der Waals surface area contributed by atoms with Gasteiger partial charge in [0.15, 0.2) is 0 Å². The van der Waals surface area contributed by atoms with Crippen molar-refractivity contribution in [1.29, 1.82) is 0 Å². The van der Waals surface area contributed by atoms with Crippen LogP contribution in [0.2, 0.25) is 0 Å². The molecule has 0 N–H and O–H groups in total. The van der Waals surface area contributed by atoms with Crippen molar-refractivity contribution in [2.75, 3.05) is 12.5 Å². The van der Waals surface area contributed by atoms with Gasteiger partial charge in [-0.1, -0.05) is 13.8 Å². The second-order valence-electron chi connectivity index (χ2n) is 5.12. The second kappa shape index (κ2) is 4.32.